The molecule has 32 heavy (non-hydrogen) atoms. The molecule has 2 saturated heterocycles. The highest BCUT2D eigenvalue weighted by molar-refractivity contribution is 6.39. The molecule has 1 N–H and O–H groups in total. The van der Waals surface area contributed by atoms with E-state index in [4.69, 9.17) is 23.2 Å². The van der Waals surface area contributed by atoms with E-state index in [9.17, 15) is 9.90 Å². The summed E-state index contributed by atoms with van der Waals surface area (Å²) in [6.45, 7) is 11.2. The normalized spacial score (nSPS) is 19.1. The van der Waals surface area contributed by atoms with Crippen molar-refractivity contribution in [2.24, 2.45) is 5.41 Å². The van der Waals surface area contributed by atoms with E-state index >= 15 is 0 Å². The summed E-state index contributed by atoms with van der Waals surface area (Å²) in [5, 5.41) is 10.6. The Hall–Kier alpha value is -1.75. The van der Waals surface area contributed by atoms with Crippen molar-refractivity contribution in [3.63, 3.8) is 0 Å². The number of rotatable bonds is 6. The molecule has 4 nitrogen and oxygen atoms in total. The zero-order chi connectivity index (χ0) is 23.0. The first kappa shape index (κ1) is 23.4. The SMILES string of the molecule is Cc1cc(C2CN(c3c(Cl)cccc3Cl)C2)cc(C)c1CN1CCC(C)(CC(=O)O)CC1. The highest BCUT2D eigenvalue weighted by Crippen LogP contribution is 2.41. The van der Waals surface area contributed by atoms with Gasteiger partial charge in [0, 0.05) is 25.6 Å². The molecule has 0 bridgehead atoms. The molecule has 2 fully saturated rings. The molecule has 2 aliphatic heterocycles. The number of aliphatic carboxylic acids is 1. The molecule has 2 aliphatic rings. The largest absolute Gasteiger partial charge is 0.481 e. The molecule has 0 saturated carbocycles. The van der Waals surface area contributed by atoms with Crippen molar-refractivity contribution in [2.45, 2.75) is 52.5 Å². The van der Waals surface area contributed by atoms with Crippen LogP contribution >= 0.6 is 23.2 Å². The third-order valence-corrected chi connectivity index (χ3v) is 7.96. The van der Waals surface area contributed by atoms with Gasteiger partial charge in [-0.3, -0.25) is 9.69 Å². The predicted molar refractivity (Wildman–Crippen MR) is 132 cm³/mol. The van der Waals surface area contributed by atoms with Gasteiger partial charge in [0.05, 0.1) is 22.2 Å². The number of likely N-dealkylation sites (tertiary alicyclic amines) is 1. The topological polar surface area (TPSA) is 43.8 Å². The van der Waals surface area contributed by atoms with Crippen LogP contribution < -0.4 is 4.90 Å². The van der Waals surface area contributed by atoms with Crippen molar-refractivity contribution in [3.8, 4) is 0 Å². The maximum absolute atomic E-state index is 11.2. The molecule has 0 atom stereocenters. The van der Waals surface area contributed by atoms with E-state index in [-0.39, 0.29) is 11.8 Å². The average Bonchev–Trinajstić information content (AvgIpc) is 2.66. The van der Waals surface area contributed by atoms with Gasteiger partial charge in [0.1, 0.15) is 0 Å². The Kier molecular flexibility index (Phi) is 6.76. The summed E-state index contributed by atoms with van der Waals surface area (Å²) in [4.78, 5) is 15.9. The molecular formula is C26H32Cl2N2O2. The van der Waals surface area contributed by atoms with Crippen LogP contribution in [-0.2, 0) is 11.3 Å². The fraction of sp³-hybridized carbons (Fsp3) is 0.500. The number of carboxylic acids is 1. The molecule has 6 heteroatoms. The van der Waals surface area contributed by atoms with Crippen LogP contribution in [-0.4, -0.2) is 42.2 Å². The monoisotopic (exact) mass is 474 g/mol. The first-order valence-electron chi connectivity index (χ1n) is 11.4. The Bertz CT molecular complexity index is 966. The van der Waals surface area contributed by atoms with Crippen molar-refractivity contribution < 1.29 is 9.90 Å². The summed E-state index contributed by atoms with van der Waals surface area (Å²) in [6, 6.07) is 10.4. The lowest BCUT2D eigenvalue weighted by Crippen LogP contribution is -2.45. The van der Waals surface area contributed by atoms with Crippen molar-refractivity contribution in [1.29, 1.82) is 0 Å². The molecule has 0 spiro atoms. The number of aryl methyl sites for hydroxylation is 2. The van der Waals surface area contributed by atoms with E-state index in [0.717, 1.165) is 51.3 Å². The molecule has 172 valence electrons. The second-order valence-electron chi connectivity index (χ2n) is 9.96. The average molecular weight is 475 g/mol. The molecule has 0 radical (unpaired) electrons. The van der Waals surface area contributed by atoms with E-state index < -0.39 is 5.97 Å². The quantitative estimate of drug-likeness (QED) is 0.533. The molecule has 2 aromatic rings. The van der Waals surface area contributed by atoms with Gasteiger partial charge in [-0.05, 0) is 79.6 Å². The third-order valence-electron chi connectivity index (χ3n) is 7.35. The maximum Gasteiger partial charge on any atom is 0.303 e. The molecule has 0 aliphatic carbocycles. The van der Waals surface area contributed by atoms with Gasteiger partial charge in [0.15, 0.2) is 0 Å². The Morgan fingerprint density at radius 1 is 1.09 bits per heavy atom. The third kappa shape index (κ3) is 4.93. The van der Waals surface area contributed by atoms with Crippen LogP contribution in [0.1, 0.15) is 54.4 Å². The van der Waals surface area contributed by atoms with Crippen LogP contribution in [0, 0.1) is 19.3 Å². The van der Waals surface area contributed by atoms with Gasteiger partial charge in [-0.25, -0.2) is 0 Å². The molecule has 0 amide bonds. The highest BCUT2D eigenvalue weighted by atomic mass is 35.5. The van der Waals surface area contributed by atoms with Gasteiger partial charge in [-0.1, -0.05) is 48.3 Å². The fourth-order valence-corrected chi connectivity index (χ4v) is 5.83. The second kappa shape index (κ2) is 9.24. The van der Waals surface area contributed by atoms with Gasteiger partial charge in [0.25, 0.3) is 0 Å². The van der Waals surface area contributed by atoms with Gasteiger partial charge in [-0.2, -0.15) is 0 Å². The van der Waals surface area contributed by atoms with Crippen LogP contribution in [0.15, 0.2) is 30.3 Å². The summed E-state index contributed by atoms with van der Waals surface area (Å²) in [7, 11) is 0. The minimum absolute atomic E-state index is 0.0725. The van der Waals surface area contributed by atoms with Crippen molar-refractivity contribution in [3.05, 3.63) is 62.6 Å². The Labute approximate surface area is 201 Å². The Morgan fingerprint density at radius 3 is 2.19 bits per heavy atom. The van der Waals surface area contributed by atoms with E-state index in [0.29, 0.717) is 16.0 Å². The molecule has 2 aromatic carbocycles. The number of halogens is 2. The lowest BCUT2D eigenvalue weighted by atomic mass is 9.77. The Morgan fingerprint density at radius 2 is 1.66 bits per heavy atom. The number of benzene rings is 2. The number of para-hydroxylation sites is 1. The number of piperidine rings is 1. The first-order valence-corrected chi connectivity index (χ1v) is 12.1. The zero-order valence-electron chi connectivity index (χ0n) is 19.1. The summed E-state index contributed by atoms with van der Waals surface area (Å²) in [6.07, 6.45) is 2.15. The van der Waals surface area contributed by atoms with Crippen molar-refractivity contribution >= 4 is 34.9 Å². The summed E-state index contributed by atoms with van der Waals surface area (Å²) >= 11 is 12.8. The van der Waals surface area contributed by atoms with Gasteiger partial charge < -0.3 is 10.0 Å². The van der Waals surface area contributed by atoms with Crippen LogP contribution in [0.5, 0.6) is 0 Å². The number of carbonyl (C=O) groups is 1. The summed E-state index contributed by atoms with van der Waals surface area (Å²) < 4.78 is 0. The number of nitrogens with zero attached hydrogens (tertiary/aromatic N) is 2. The number of hydrogen-bond donors (Lipinski definition) is 1. The van der Waals surface area contributed by atoms with E-state index in [1.807, 2.05) is 18.2 Å². The van der Waals surface area contributed by atoms with Crippen molar-refractivity contribution in [1.82, 2.24) is 4.90 Å². The minimum atomic E-state index is -0.686. The maximum atomic E-state index is 11.2. The zero-order valence-corrected chi connectivity index (χ0v) is 20.6. The van der Waals surface area contributed by atoms with E-state index in [2.05, 4.69) is 42.7 Å². The number of hydrogen-bond acceptors (Lipinski definition) is 3. The smallest absolute Gasteiger partial charge is 0.303 e. The molecule has 2 heterocycles. The van der Waals surface area contributed by atoms with Gasteiger partial charge in [-0.15, -0.1) is 0 Å². The molecular weight excluding hydrogens is 443 g/mol. The van der Waals surface area contributed by atoms with Crippen LogP contribution in [0.4, 0.5) is 5.69 Å². The van der Waals surface area contributed by atoms with Crippen molar-refractivity contribution in [2.75, 3.05) is 31.1 Å². The number of anilines is 1. The van der Waals surface area contributed by atoms with Crippen LogP contribution in [0.25, 0.3) is 0 Å². The first-order chi connectivity index (χ1) is 15.1. The fourth-order valence-electron chi connectivity index (χ4n) is 5.19. The summed E-state index contributed by atoms with van der Waals surface area (Å²) in [5.74, 6) is -0.199. The standard InChI is InChI=1S/C26H32Cl2N2O2/c1-17-11-19(20-14-30(15-20)25-22(27)5-4-6-23(25)28)12-18(2)21(17)16-29-9-7-26(3,8-10-29)13-24(31)32/h4-6,11-12,20H,7-10,13-16H2,1-3H3,(H,31,32). The highest BCUT2D eigenvalue weighted by Gasteiger charge is 2.33. The lowest BCUT2D eigenvalue weighted by Gasteiger charge is -2.42. The van der Waals surface area contributed by atoms with E-state index in [1.54, 1.807) is 0 Å². The molecule has 4 rings (SSSR count). The Balaban J connectivity index is 1.39. The predicted octanol–water partition coefficient (Wildman–Crippen LogP) is 6.29. The van der Waals surface area contributed by atoms with Crippen LogP contribution in [0.2, 0.25) is 10.0 Å². The molecule has 0 unspecified atom stereocenters. The second-order valence-corrected chi connectivity index (χ2v) is 10.8. The van der Waals surface area contributed by atoms with Gasteiger partial charge in [0.2, 0.25) is 0 Å². The molecule has 0 aromatic heterocycles. The minimum Gasteiger partial charge on any atom is -0.481 e. The number of carboxylic acid groups (broad SMARTS) is 1. The van der Waals surface area contributed by atoms with Gasteiger partial charge >= 0.3 is 5.97 Å². The van der Waals surface area contributed by atoms with E-state index in [1.165, 1.54) is 22.3 Å². The van der Waals surface area contributed by atoms with Crippen LogP contribution in [0.3, 0.4) is 0 Å². The lowest BCUT2D eigenvalue weighted by molar-refractivity contribution is -0.140. The summed E-state index contributed by atoms with van der Waals surface area (Å²) in [5.41, 5.74) is 6.34.